The molecule has 2 fully saturated rings. The van der Waals surface area contributed by atoms with Gasteiger partial charge in [-0.15, -0.1) is 6.54 Å². The zero-order valence-corrected chi connectivity index (χ0v) is 25.3. The summed E-state index contributed by atoms with van der Waals surface area (Å²) in [7, 11) is 0. The minimum atomic E-state index is -0.695. The van der Waals surface area contributed by atoms with E-state index in [1.807, 2.05) is 0 Å². The van der Waals surface area contributed by atoms with E-state index in [0.29, 0.717) is 19.3 Å². The predicted molar refractivity (Wildman–Crippen MR) is 72.8 cm³/mol. The predicted octanol–water partition coefficient (Wildman–Crippen LogP) is -0.716. The molecular formula is C14H22N3O3UVWY-3. The molecule has 0 aromatic heterocycles. The van der Waals surface area contributed by atoms with Crippen molar-refractivity contribution in [2.75, 3.05) is 0 Å². The molecule has 1 unspecified atom stereocenters. The third-order valence-corrected chi connectivity index (χ3v) is 3.75. The van der Waals surface area contributed by atoms with Gasteiger partial charge >= 0.3 is 0 Å². The molecule has 1 aliphatic heterocycles. The number of quaternary nitrogens is 1. The summed E-state index contributed by atoms with van der Waals surface area (Å²) in [6, 6.07) is -0.593. The molecule has 24 heavy (non-hydrogen) atoms. The van der Waals surface area contributed by atoms with Gasteiger partial charge in [0.25, 0.3) is 0 Å². The van der Waals surface area contributed by atoms with Crippen LogP contribution in [0.15, 0.2) is 0 Å². The van der Waals surface area contributed by atoms with Gasteiger partial charge in [0.1, 0.15) is 5.91 Å². The molecule has 4 N–H and O–H groups in total. The fourth-order valence-corrected chi connectivity index (χ4v) is 2.37. The SMILES string of the molecule is [CH2-]C1[CH-]N(C(=O)[CH-][NH3+])[C@H](C(=O)NC2(C(C)=O)CC2)C1.[CH3-].[U].[V].[W].[Y]. The van der Waals surface area contributed by atoms with Gasteiger partial charge in [-0.3, -0.25) is 22.1 Å². The van der Waals surface area contributed by atoms with Gasteiger partial charge < -0.3 is 35.1 Å². The summed E-state index contributed by atoms with van der Waals surface area (Å²) in [4.78, 5) is 36.8. The van der Waals surface area contributed by atoms with Gasteiger partial charge in [0.2, 0.25) is 5.91 Å². The first kappa shape index (κ1) is 33.5. The summed E-state index contributed by atoms with van der Waals surface area (Å²) >= 11 is 0. The molecule has 0 aromatic carbocycles. The second-order valence-electron chi connectivity index (χ2n) is 5.24. The van der Waals surface area contributed by atoms with Crippen LogP contribution in [-0.2, 0) is 86.7 Å². The molecule has 2 radical (unpaired) electrons. The normalized spacial score (nSPS) is 22.0. The number of ketones is 1. The van der Waals surface area contributed by atoms with Crippen molar-refractivity contribution in [1.82, 2.24) is 10.2 Å². The standard InChI is InChI=1S/C13H19N3O3.CH3.U.V.W.Y/c1-8-5-10(16(7-8)11(18)6-14)12(19)15-13(3-4-13)9(2)17;;;;;/h6-8,10H,1,3-5H2,2,14H3,(H,15,19);1H3;;;;/q-2;-1;;;;/t8?,10-;;;;;/m0...../s1. The van der Waals surface area contributed by atoms with Gasteiger partial charge in [-0.1, -0.05) is 6.42 Å². The molecule has 6 nitrogen and oxygen atoms in total. The Morgan fingerprint density at radius 3 is 2.25 bits per heavy atom. The van der Waals surface area contributed by atoms with Gasteiger partial charge in [0.15, 0.2) is 5.78 Å². The zero-order valence-electron chi connectivity index (χ0n) is 13.9. The van der Waals surface area contributed by atoms with Crippen molar-refractivity contribution in [3.8, 4) is 0 Å². The Hall–Kier alpha value is 1.87. The number of Topliss-reactive ketones (excluding diaryl/α,β-unsaturated/α-hetero) is 1. The van der Waals surface area contributed by atoms with Gasteiger partial charge in [-0.05, 0) is 19.8 Å². The number of nitrogens with zero attached hydrogens (tertiary/aromatic N) is 1. The molecule has 1 saturated heterocycles. The van der Waals surface area contributed by atoms with Crippen LogP contribution in [0.2, 0.25) is 0 Å². The molecule has 132 valence electrons. The monoisotopic (exact) mass is 842 g/mol. The van der Waals surface area contributed by atoms with Crippen LogP contribution >= 0.6 is 0 Å². The van der Waals surface area contributed by atoms with Gasteiger partial charge in [0, 0.05) is 103 Å². The summed E-state index contributed by atoms with van der Waals surface area (Å²) in [5.74, 6) is -0.730. The molecule has 2 aliphatic rings. The fourth-order valence-electron chi connectivity index (χ4n) is 2.37. The van der Waals surface area contributed by atoms with E-state index in [4.69, 9.17) is 0 Å². The molecule has 1 aliphatic carbocycles. The number of carbonyl (C=O) groups is 3. The Morgan fingerprint density at radius 2 is 1.88 bits per heavy atom. The van der Waals surface area contributed by atoms with Crippen LogP contribution in [0.4, 0.5) is 0 Å². The van der Waals surface area contributed by atoms with Crippen molar-refractivity contribution in [3.05, 3.63) is 27.4 Å². The van der Waals surface area contributed by atoms with E-state index in [9.17, 15) is 14.4 Å². The molecule has 0 spiro atoms. The first-order chi connectivity index (χ1) is 8.89. The summed E-state index contributed by atoms with van der Waals surface area (Å²) in [5, 5.41) is 2.77. The Morgan fingerprint density at radius 1 is 1.38 bits per heavy atom. The Kier molecular flexibility index (Phi) is 19.4. The molecule has 10 heteroatoms. The van der Waals surface area contributed by atoms with Gasteiger partial charge in [0.05, 0.1) is 11.6 Å². The molecule has 2 atom stereocenters. The average Bonchev–Trinajstić information content (AvgIpc) is 3.03. The summed E-state index contributed by atoms with van der Waals surface area (Å²) in [6.45, 7) is 8.14. The third-order valence-electron chi connectivity index (χ3n) is 3.75. The molecule has 0 bridgehead atoms. The molecular weight excluding hydrogens is 820 g/mol. The van der Waals surface area contributed by atoms with Crippen LogP contribution in [0.25, 0.3) is 0 Å². The number of likely N-dealkylation sites (tertiary alicyclic amines) is 1. The number of nitrogens with one attached hydrogen (secondary N) is 1. The summed E-state index contributed by atoms with van der Waals surface area (Å²) in [6.07, 6.45) is 1.82. The van der Waals surface area contributed by atoms with Crippen LogP contribution < -0.4 is 11.1 Å². The molecule has 2 rings (SSSR count). The van der Waals surface area contributed by atoms with Crippen molar-refractivity contribution in [3.63, 3.8) is 0 Å². The van der Waals surface area contributed by atoms with E-state index in [1.54, 1.807) is 6.54 Å². The topological polar surface area (TPSA) is 94.1 Å². The maximum absolute atomic E-state index is 12.2. The van der Waals surface area contributed by atoms with Crippen molar-refractivity contribution >= 4 is 17.6 Å². The van der Waals surface area contributed by atoms with E-state index in [2.05, 4.69) is 18.0 Å². The number of hydrogen-bond donors (Lipinski definition) is 2. The zero-order chi connectivity index (χ0) is 14.2. The van der Waals surface area contributed by atoms with Crippen molar-refractivity contribution in [2.45, 2.75) is 37.8 Å². The smallest absolute Gasteiger partial charge is 0.240 e. The van der Waals surface area contributed by atoms with Crippen LogP contribution in [-0.4, -0.2) is 34.1 Å². The summed E-state index contributed by atoms with van der Waals surface area (Å²) in [5.41, 5.74) is 2.73. The maximum Gasteiger partial charge on any atom is 0.240 e. The minimum absolute atomic E-state index is 0. The van der Waals surface area contributed by atoms with E-state index >= 15 is 0 Å². The van der Waals surface area contributed by atoms with E-state index in [0.717, 1.165) is 0 Å². The number of rotatable bonds is 4. The number of carbonyl (C=O) groups excluding carboxylic acids is 3. The van der Waals surface area contributed by atoms with Gasteiger partial charge in [-0.25, -0.2) is 0 Å². The number of amides is 2. The van der Waals surface area contributed by atoms with Crippen molar-refractivity contribution in [1.29, 1.82) is 0 Å². The molecule has 1 saturated carbocycles. The van der Waals surface area contributed by atoms with Gasteiger partial charge in [-0.2, -0.15) is 0 Å². The molecule has 2 amide bonds. The molecule has 0 aromatic rings. The largest absolute Gasteiger partial charge is 0.506 e. The fraction of sp³-hybridized carbons (Fsp3) is 0.500. The molecule has 1 heterocycles. The van der Waals surface area contributed by atoms with E-state index in [1.165, 1.54) is 18.4 Å². The Labute approximate surface area is 219 Å². The second kappa shape index (κ2) is 14.0. The number of hydrogen-bond acceptors (Lipinski definition) is 3. The van der Waals surface area contributed by atoms with E-state index < -0.39 is 11.6 Å². The van der Waals surface area contributed by atoms with Crippen LogP contribution in [0.5, 0.6) is 0 Å². The maximum atomic E-state index is 12.2. The quantitative estimate of drug-likeness (QED) is 0.367. The summed E-state index contributed by atoms with van der Waals surface area (Å²) < 4.78 is 0. The Bertz CT molecular complexity index is 441. The first-order valence-corrected chi connectivity index (χ1v) is 6.35. The first-order valence-electron chi connectivity index (χ1n) is 6.35. The minimum Gasteiger partial charge on any atom is -0.506 e. The van der Waals surface area contributed by atoms with Crippen molar-refractivity contribution in [2.24, 2.45) is 5.92 Å². The van der Waals surface area contributed by atoms with Crippen LogP contribution in [0.1, 0.15) is 26.2 Å². The van der Waals surface area contributed by atoms with E-state index in [-0.39, 0.29) is 134 Å². The van der Waals surface area contributed by atoms with Crippen LogP contribution in [0, 0.1) is 64.5 Å². The van der Waals surface area contributed by atoms with Crippen LogP contribution in [0.3, 0.4) is 0 Å². The third kappa shape index (κ3) is 7.85. The Balaban J connectivity index is -0.000000400. The van der Waals surface area contributed by atoms with Crippen molar-refractivity contribution < 1.29 is 124 Å². The second-order valence-corrected chi connectivity index (χ2v) is 5.24. The average molecular weight is 842 g/mol.